The molecule has 0 spiro atoms. The van der Waals surface area contributed by atoms with Crippen molar-refractivity contribution in [3.05, 3.63) is 57.0 Å². The van der Waals surface area contributed by atoms with Gasteiger partial charge in [0.25, 0.3) is 11.8 Å². The smallest absolute Gasteiger partial charge is 0.276 e. The molecule has 6 nitrogen and oxygen atoms in total. The minimum Gasteiger partial charge on any atom is -0.490 e. The summed E-state index contributed by atoms with van der Waals surface area (Å²) in [4.78, 5) is 24.2. The molecular weight excluding hydrogens is 468 g/mol. The molecule has 0 saturated carbocycles. The Bertz CT molecular complexity index is 779. The van der Waals surface area contributed by atoms with E-state index in [2.05, 4.69) is 42.7 Å². The number of hydrazine groups is 1. The predicted molar refractivity (Wildman–Crippen MR) is 105 cm³/mol. The number of hydrogen-bond donors (Lipinski definition) is 2. The van der Waals surface area contributed by atoms with Gasteiger partial charge in [0, 0.05) is 8.95 Å². The maximum Gasteiger partial charge on any atom is 0.276 e. The highest BCUT2D eigenvalue weighted by Crippen LogP contribution is 2.24. The first-order chi connectivity index (χ1) is 12.3. The first kappa shape index (κ1) is 20.3. The molecule has 0 atom stereocenters. The predicted octanol–water partition coefficient (Wildman–Crippen LogP) is 3.84. The Morgan fingerprint density at radius 2 is 1.65 bits per heavy atom. The molecule has 0 heterocycles. The van der Waals surface area contributed by atoms with Gasteiger partial charge in [0.15, 0.2) is 6.61 Å². The third-order valence-corrected chi connectivity index (χ3v) is 4.07. The minimum atomic E-state index is -0.487. The first-order valence-electron chi connectivity index (χ1n) is 7.79. The molecule has 2 amide bonds. The van der Waals surface area contributed by atoms with E-state index in [0.29, 0.717) is 17.1 Å². The maximum absolute atomic E-state index is 12.3. The Balaban J connectivity index is 1.90. The molecule has 0 aliphatic carbocycles. The van der Waals surface area contributed by atoms with Crippen LogP contribution in [-0.2, 0) is 4.79 Å². The lowest BCUT2D eigenvalue weighted by molar-refractivity contribution is -0.123. The summed E-state index contributed by atoms with van der Waals surface area (Å²) in [5.74, 6) is 0.0110. The van der Waals surface area contributed by atoms with Gasteiger partial charge < -0.3 is 9.47 Å². The van der Waals surface area contributed by atoms with Gasteiger partial charge in [-0.25, -0.2) is 0 Å². The van der Waals surface area contributed by atoms with Gasteiger partial charge in [-0.15, -0.1) is 0 Å². The average Bonchev–Trinajstić information content (AvgIpc) is 2.60. The van der Waals surface area contributed by atoms with Crippen molar-refractivity contribution in [3.63, 3.8) is 0 Å². The van der Waals surface area contributed by atoms with Crippen LogP contribution in [0.1, 0.15) is 24.2 Å². The van der Waals surface area contributed by atoms with Gasteiger partial charge in [0.05, 0.1) is 11.7 Å². The van der Waals surface area contributed by atoms with Crippen molar-refractivity contribution >= 4 is 43.7 Å². The van der Waals surface area contributed by atoms with E-state index in [1.54, 1.807) is 42.5 Å². The third kappa shape index (κ3) is 6.34. The Morgan fingerprint density at radius 3 is 2.31 bits per heavy atom. The second-order valence-corrected chi connectivity index (χ2v) is 7.38. The summed E-state index contributed by atoms with van der Waals surface area (Å²) in [6.07, 6.45) is -0.0865. The van der Waals surface area contributed by atoms with Gasteiger partial charge in [-0.3, -0.25) is 20.4 Å². The standard InChI is InChI=1S/C18H18Br2N2O4/c1-11(2)26-16-8-5-13(20)9-15(16)18(24)22-21-17(23)10-25-14-6-3-12(19)4-7-14/h3-9,11H,10H2,1-2H3,(H,21,23)(H,22,24). The van der Waals surface area contributed by atoms with Crippen LogP contribution in [-0.4, -0.2) is 24.5 Å². The molecule has 2 N–H and O–H groups in total. The Morgan fingerprint density at radius 1 is 1.00 bits per heavy atom. The third-order valence-electron chi connectivity index (χ3n) is 3.05. The molecule has 2 aromatic carbocycles. The molecule has 2 rings (SSSR count). The minimum absolute atomic E-state index is 0.0865. The lowest BCUT2D eigenvalue weighted by Crippen LogP contribution is -2.44. The van der Waals surface area contributed by atoms with E-state index in [4.69, 9.17) is 9.47 Å². The normalized spacial score (nSPS) is 10.3. The second kappa shape index (κ2) is 9.59. The lowest BCUT2D eigenvalue weighted by Gasteiger charge is -2.15. The number of carbonyl (C=O) groups excluding carboxylic acids is 2. The monoisotopic (exact) mass is 484 g/mol. The molecule has 0 radical (unpaired) electrons. The van der Waals surface area contributed by atoms with Crippen LogP contribution in [0.15, 0.2) is 51.4 Å². The molecular formula is C18H18Br2N2O4. The molecule has 138 valence electrons. The number of hydrogen-bond acceptors (Lipinski definition) is 4. The molecule has 8 heteroatoms. The summed E-state index contributed by atoms with van der Waals surface area (Å²) in [5, 5.41) is 0. The molecule has 26 heavy (non-hydrogen) atoms. The molecule has 0 fully saturated rings. The van der Waals surface area contributed by atoms with E-state index < -0.39 is 11.8 Å². The van der Waals surface area contributed by atoms with E-state index in [1.165, 1.54) is 0 Å². The number of nitrogens with one attached hydrogen (secondary N) is 2. The molecule has 0 aromatic heterocycles. The summed E-state index contributed by atoms with van der Waals surface area (Å²) in [6, 6.07) is 12.2. The van der Waals surface area contributed by atoms with Crippen molar-refractivity contribution in [2.45, 2.75) is 20.0 Å². The van der Waals surface area contributed by atoms with Crippen molar-refractivity contribution in [2.24, 2.45) is 0 Å². The van der Waals surface area contributed by atoms with Crippen molar-refractivity contribution < 1.29 is 19.1 Å². The summed E-state index contributed by atoms with van der Waals surface area (Å²) in [5.41, 5.74) is 4.98. The SMILES string of the molecule is CC(C)Oc1ccc(Br)cc1C(=O)NNC(=O)COc1ccc(Br)cc1. The van der Waals surface area contributed by atoms with Crippen LogP contribution in [0.25, 0.3) is 0 Å². The fourth-order valence-corrected chi connectivity index (χ4v) is 2.57. The number of amides is 2. The van der Waals surface area contributed by atoms with Crippen LogP contribution in [0.4, 0.5) is 0 Å². The average molecular weight is 486 g/mol. The topological polar surface area (TPSA) is 76.7 Å². The van der Waals surface area contributed by atoms with Crippen molar-refractivity contribution in [1.82, 2.24) is 10.9 Å². The Hall–Kier alpha value is -2.06. The van der Waals surface area contributed by atoms with Gasteiger partial charge in [0.2, 0.25) is 0 Å². The Labute approximate surface area is 168 Å². The van der Waals surface area contributed by atoms with Crippen LogP contribution < -0.4 is 20.3 Å². The molecule has 0 aliphatic rings. The molecule has 0 unspecified atom stereocenters. The number of rotatable bonds is 6. The summed E-state index contributed by atoms with van der Waals surface area (Å²) in [6.45, 7) is 3.51. The van der Waals surface area contributed by atoms with Crippen molar-refractivity contribution in [2.75, 3.05) is 6.61 Å². The fourth-order valence-electron chi connectivity index (χ4n) is 1.95. The van der Waals surface area contributed by atoms with Gasteiger partial charge in [-0.1, -0.05) is 31.9 Å². The van der Waals surface area contributed by atoms with Crippen molar-refractivity contribution in [3.8, 4) is 11.5 Å². The maximum atomic E-state index is 12.3. The zero-order valence-electron chi connectivity index (χ0n) is 14.2. The van der Waals surface area contributed by atoms with Crippen LogP contribution in [0.2, 0.25) is 0 Å². The van der Waals surface area contributed by atoms with E-state index in [0.717, 1.165) is 8.95 Å². The van der Waals surface area contributed by atoms with Gasteiger partial charge in [-0.2, -0.15) is 0 Å². The molecule has 0 saturated heterocycles. The number of benzene rings is 2. The number of carbonyl (C=O) groups is 2. The van der Waals surface area contributed by atoms with E-state index >= 15 is 0 Å². The van der Waals surface area contributed by atoms with Gasteiger partial charge in [-0.05, 0) is 56.3 Å². The van der Waals surface area contributed by atoms with Crippen LogP contribution in [0.5, 0.6) is 11.5 Å². The van der Waals surface area contributed by atoms with Crippen LogP contribution >= 0.6 is 31.9 Å². The molecule has 0 bridgehead atoms. The summed E-state index contributed by atoms with van der Waals surface area (Å²) >= 11 is 6.64. The summed E-state index contributed by atoms with van der Waals surface area (Å²) < 4.78 is 12.6. The number of ether oxygens (including phenoxy) is 2. The summed E-state index contributed by atoms with van der Waals surface area (Å²) in [7, 11) is 0. The fraction of sp³-hybridized carbons (Fsp3) is 0.222. The van der Waals surface area contributed by atoms with Crippen LogP contribution in [0.3, 0.4) is 0 Å². The van der Waals surface area contributed by atoms with Crippen LogP contribution in [0, 0.1) is 0 Å². The highest BCUT2D eigenvalue weighted by molar-refractivity contribution is 9.10. The highest BCUT2D eigenvalue weighted by atomic mass is 79.9. The zero-order chi connectivity index (χ0) is 19.1. The largest absolute Gasteiger partial charge is 0.490 e. The van der Waals surface area contributed by atoms with Gasteiger partial charge in [0.1, 0.15) is 11.5 Å². The van der Waals surface area contributed by atoms with E-state index in [9.17, 15) is 9.59 Å². The molecule has 2 aromatic rings. The van der Waals surface area contributed by atoms with Gasteiger partial charge >= 0.3 is 0 Å². The van der Waals surface area contributed by atoms with E-state index in [1.807, 2.05) is 13.8 Å². The van der Waals surface area contributed by atoms with Crippen molar-refractivity contribution in [1.29, 1.82) is 0 Å². The second-order valence-electron chi connectivity index (χ2n) is 5.55. The first-order valence-corrected chi connectivity index (χ1v) is 9.37. The lowest BCUT2D eigenvalue weighted by atomic mass is 10.2. The van der Waals surface area contributed by atoms with E-state index in [-0.39, 0.29) is 12.7 Å². The number of halogens is 2. The molecule has 0 aliphatic heterocycles. The Kier molecular flexibility index (Phi) is 7.47. The zero-order valence-corrected chi connectivity index (χ0v) is 17.4. The quantitative estimate of drug-likeness (QED) is 0.609. The highest BCUT2D eigenvalue weighted by Gasteiger charge is 2.15.